The molecule has 6 nitrogen and oxygen atoms in total. The summed E-state index contributed by atoms with van der Waals surface area (Å²) in [7, 11) is 3.12. The van der Waals surface area contributed by atoms with Crippen molar-refractivity contribution in [3.63, 3.8) is 0 Å². The first kappa shape index (κ1) is 17.3. The Kier molecular flexibility index (Phi) is 4.67. The van der Waals surface area contributed by atoms with Crippen molar-refractivity contribution >= 4 is 33.2 Å². The van der Waals surface area contributed by atoms with E-state index in [2.05, 4.69) is 26.2 Å². The van der Waals surface area contributed by atoms with Gasteiger partial charge in [-0.3, -0.25) is 9.20 Å². The maximum absolute atomic E-state index is 12.9. The summed E-state index contributed by atoms with van der Waals surface area (Å²) in [5.74, 6) is 0.919. The van der Waals surface area contributed by atoms with E-state index in [0.29, 0.717) is 28.6 Å². The molecule has 0 bridgehead atoms. The maximum Gasteiger partial charge on any atom is 0.274 e. The Morgan fingerprint density at radius 3 is 2.64 bits per heavy atom. The van der Waals surface area contributed by atoms with Crippen molar-refractivity contribution in [1.29, 1.82) is 0 Å². The van der Waals surface area contributed by atoms with Crippen LogP contribution in [0.3, 0.4) is 0 Å². The Bertz CT molecular complexity index is 966. The molecular weight excluding hydrogens is 386 g/mol. The maximum atomic E-state index is 12.9. The SMILES string of the molecule is COc1ccc(NC(=O)c2c(C)nc3c(C)cc(Br)cn23)c(OC)c1. The minimum Gasteiger partial charge on any atom is -0.497 e. The van der Waals surface area contributed by atoms with Crippen LogP contribution in [0.5, 0.6) is 11.5 Å². The van der Waals surface area contributed by atoms with Gasteiger partial charge in [0.15, 0.2) is 0 Å². The summed E-state index contributed by atoms with van der Waals surface area (Å²) < 4.78 is 13.2. The van der Waals surface area contributed by atoms with Gasteiger partial charge in [-0.1, -0.05) is 0 Å². The van der Waals surface area contributed by atoms with Crippen LogP contribution >= 0.6 is 15.9 Å². The average molecular weight is 404 g/mol. The van der Waals surface area contributed by atoms with Gasteiger partial charge in [0.2, 0.25) is 0 Å². The fourth-order valence-corrected chi connectivity index (χ4v) is 3.29. The molecule has 2 heterocycles. The Balaban J connectivity index is 2.02. The van der Waals surface area contributed by atoms with E-state index >= 15 is 0 Å². The molecule has 0 saturated carbocycles. The number of hydrogen-bond acceptors (Lipinski definition) is 4. The smallest absolute Gasteiger partial charge is 0.274 e. The molecule has 130 valence electrons. The molecule has 7 heteroatoms. The third-order valence-corrected chi connectivity index (χ3v) is 4.35. The van der Waals surface area contributed by atoms with Crippen LogP contribution in [-0.4, -0.2) is 29.5 Å². The van der Waals surface area contributed by atoms with Crippen molar-refractivity contribution < 1.29 is 14.3 Å². The number of imidazole rings is 1. The number of methoxy groups -OCH3 is 2. The van der Waals surface area contributed by atoms with Gasteiger partial charge in [-0.15, -0.1) is 0 Å². The Morgan fingerprint density at radius 2 is 1.96 bits per heavy atom. The Morgan fingerprint density at radius 1 is 1.20 bits per heavy atom. The number of halogens is 1. The van der Waals surface area contributed by atoms with Crippen LogP contribution in [0.1, 0.15) is 21.7 Å². The highest BCUT2D eigenvalue weighted by molar-refractivity contribution is 9.10. The molecule has 0 aliphatic heterocycles. The number of benzene rings is 1. The lowest BCUT2D eigenvalue weighted by atomic mass is 10.2. The van der Waals surface area contributed by atoms with Gasteiger partial charge in [0.05, 0.1) is 25.6 Å². The first-order valence-electron chi connectivity index (χ1n) is 7.62. The second-order valence-electron chi connectivity index (χ2n) is 5.60. The summed E-state index contributed by atoms with van der Waals surface area (Å²) in [6, 6.07) is 7.20. The number of nitrogens with one attached hydrogen (secondary N) is 1. The number of aromatic nitrogens is 2. The van der Waals surface area contributed by atoms with Crippen LogP contribution in [0.4, 0.5) is 5.69 Å². The molecule has 0 unspecified atom stereocenters. The third kappa shape index (κ3) is 3.19. The van der Waals surface area contributed by atoms with Crippen LogP contribution < -0.4 is 14.8 Å². The number of pyridine rings is 1. The summed E-state index contributed by atoms with van der Waals surface area (Å²) in [5.41, 5.74) is 3.45. The zero-order valence-corrected chi connectivity index (χ0v) is 16.0. The minimum absolute atomic E-state index is 0.258. The van der Waals surface area contributed by atoms with E-state index in [-0.39, 0.29) is 5.91 Å². The van der Waals surface area contributed by atoms with Crippen molar-refractivity contribution in [3.8, 4) is 11.5 Å². The van der Waals surface area contributed by atoms with Crippen LogP contribution in [0.2, 0.25) is 0 Å². The lowest BCUT2D eigenvalue weighted by Crippen LogP contribution is -2.16. The van der Waals surface area contributed by atoms with E-state index in [9.17, 15) is 4.79 Å². The van der Waals surface area contributed by atoms with Crippen molar-refractivity contribution in [2.45, 2.75) is 13.8 Å². The molecule has 0 aliphatic carbocycles. The number of ether oxygens (including phenoxy) is 2. The number of aryl methyl sites for hydroxylation is 2. The van der Waals surface area contributed by atoms with E-state index in [1.807, 2.05) is 26.1 Å². The number of fused-ring (bicyclic) bond motifs is 1. The molecule has 0 aliphatic rings. The van der Waals surface area contributed by atoms with Crippen molar-refractivity contribution in [1.82, 2.24) is 9.38 Å². The van der Waals surface area contributed by atoms with Gasteiger partial charge in [-0.25, -0.2) is 4.98 Å². The topological polar surface area (TPSA) is 64.9 Å². The highest BCUT2D eigenvalue weighted by Crippen LogP contribution is 2.30. The summed E-state index contributed by atoms with van der Waals surface area (Å²) in [4.78, 5) is 17.4. The number of nitrogens with zero attached hydrogens (tertiary/aromatic N) is 2. The number of carbonyl (C=O) groups excluding carboxylic acids is 1. The largest absolute Gasteiger partial charge is 0.497 e. The van der Waals surface area contributed by atoms with Gasteiger partial charge in [0.1, 0.15) is 22.8 Å². The van der Waals surface area contributed by atoms with Crippen molar-refractivity contribution in [2.24, 2.45) is 0 Å². The first-order valence-corrected chi connectivity index (χ1v) is 8.42. The first-order chi connectivity index (χ1) is 11.9. The molecule has 1 amide bonds. The van der Waals surface area contributed by atoms with Crippen LogP contribution in [-0.2, 0) is 0 Å². The second-order valence-corrected chi connectivity index (χ2v) is 6.52. The van der Waals surface area contributed by atoms with Gasteiger partial charge in [-0.2, -0.15) is 0 Å². The third-order valence-electron chi connectivity index (χ3n) is 3.92. The molecular formula is C18H18BrN3O3. The monoisotopic (exact) mass is 403 g/mol. The Labute approximate surface area is 153 Å². The molecule has 3 rings (SSSR count). The fraction of sp³-hybridized carbons (Fsp3) is 0.222. The van der Waals surface area contributed by atoms with E-state index in [0.717, 1.165) is 15.7 Å². The van der Waals surface area contributed by atoms with Gasteiger partial charge in [0, 0.05) is 16.7 Å². The quantitative estimate of drug-likeness (QED) is 0.715. The van der Waals surface area contributed by atoms with Gasteiger partial charge < -0.3 is 14.8 Å². The van der Waals surface area contributed by atoms with Gasteiger partial charge in [0.25, 0.3) is 5.91 Å². The Hall–Kier alpha value is -2.54. The standard InChI is InChI=1S/C18H18BrN3O3/c1-10-7-12(19)9-22-16(11(2)20-17(10)22)18(23)21-14-6-5-13(24-3)8-15(14)25-4/h5-9H,1-4H3,(H,21,23). The van der Waals surface area contributed by atoms with E-state index < -0.39 is 0 Å². The number of hydrogen-bond donors (Lipinski definition) is 1. The van der Waals surface area contributed by atoms with Gasteiger partial charge in [-0.05, 0) is 53.5 Å². The molecule has 1 N–H and O–H groups in total. The van der Waals surface area contributed by atoms with Crippen molar-refractivity contribution in [2.75, 3.05) is 19.5 Å². The fourth-order valence-electron chi connectivity index (χ4n) is 2.74. The zero-order chi connectivity index (χ0) is 18.1. The molecule has 25 heavy (non-hydrogen) atoms. The molecule has 0 radical (unpaired) electrons. The van der Waals surface area contributed by atoms with E-state index in [1.54, 1.807) is 36.8 Å². The molecule has 3 aromatic rings. The lowest BCUT2D eigenvalue weighted by Gasteiger charge is -2.12. The summed E-state index contributed by atoms with van der Waals surface area (Å²) >= 11 is 3.47. The minimum atomic E-state index is -0.258. The van der Waals surface area contributed by atoms with Crippen LogP contribution in [0.15, 0.2) is 34.9 Å². The molecule has 0 atom stereocenters. The number of rotatable bonds is 4. The van der Waals surface area contributed by atoms with Crippen LogP contribution in [0, 0.1) is 13.8 Å². The second kappa shape index (κ2) is 6.76. The van der Waals surface area contributed by atoms with E-state index in [1.165, 1.54) is 0 Å². The summed E-state index contributed by atoms with van der Waals surface area (Å²) in [6.07, 6.45) is 1.84. The van der Waals surface area contributed by atoms with E-state index in [4.69, 9.17) is 9.47 Å². The summed E-state index contributed by atoms with van der Waals surface area (Å²) in [5, 5.41) is 2.89. The number of amides is 1. The highest BCUT2D eigenvalue weighted by atomic mass is 79.9. The molecule has 0 fully saturated rings. The molecule has 1 aromatic carbocycles. The average Bonchev–Trinajstić information content (AvgIpc) is 2.91. The lowest BCUT2D eigenvalue weighted by molar-refractivity contribution is 0.102. The molecule has 0 spiro atoms. The molecule has 2 aromatic heterocycles. The summed E-state index contributed by atoms with van der Waals surface area (Å²) in [6.45, 7) is 3.78. The normalized spacial score (nSPS) is 10.8. The predicted octanol–water partition coefficient (Wildman–Crippen LogP) is 3.98. The van der Waals surface area contributed by atoms with Crippen LogP contribution in [0.25, 0.3) is 5.65 Å². The molecule has 0 saturated heterocycles. The number of anilines is 1. The highest BCUT2D eigenvalue weighted by Gasteiger charge is 2.19. The predicted molar refractivity (Wildman–Crippen MR) is 99.9 cm³/mol. The zero-order valence-electron chi connectivity index (χ0n) is 14.4. The number of carbonyl (C=O) groups is 1. The van der Waals surface area contributed by atoms with Gasteiger partial charge >= 0.3 is 0 Å². The van der Waals surface area contributed by atoms with Crippen molar-refractivity contribution in [3.05, 3.63) is 51.9 Å².